The summed E-state index contributed by atoms with van der Waals surface area (Å²) in [4.78, 5) is 26.0. The molecule has 0 aromatic heterocycles. The number of halogens is 6. The van der Waals surface area contributed by atoms with Crippen LogP contribution >= 0.6 is 0 Å². The van der Waals surface area contributed by atoms with Crippen molar-refractivity contribution < 1.29 is 41.0 Å². The topological polar surface area (TPSA) is 69.6 Å². The second-order valence-corrected chi connectivity index (χ2v) is 9.02. The van der Waals surface area contributed by atoms with Gasteiger partial charge in [-0.25, -0.2) is 4.79 Å². The van der Waals surface area contributed by atoms with Crippen molar-refractivity contribution in [2.45, 2.75) is 38.3 Å². The van der Waals surface area contributed by atoms with Crippen LogP contribution in [0.2, 0.25) is 0 Å². The molecule has 0 unspecified atom stereocenters. The van der Waals surface area contributed by atoms with Crippen molar-refractivity contribution in [1.29, 1.82) is 0 Å². The number of carboxylic acid groups (broad SMARTS) is 1. The van der Waals surface area contributed by atoms with Crippen molar-refractivity contribution >= 4 is 17.6 Å². The molecule has 0 fully saturated rings. The van der Waals surface area contributed by atoms with Gasteiger partial charge in [-0.1, -0.05) is 24.3 Å². The van der Waals surface area contributed by atoms with E-state index in [0.717, 1.165) is 24.3 Å². The van der Waals surface area contributed by atoms with Gasteiger partial charge in [0.1, 0.15) is 0 Å². The highest BCUT2D eigenvalue weighted by Crippen LogP contribution is 2.40. The van der Waals surface area contributed by atoms with Crippen LogP contribution < -0.4 is 10.2 Å². The second kappa shape index (κ2) is 10.0. The second-order valence-electron chi connectivity index (χ2n) is 9.02. The number of anilines is 1. The number of carbonyl (C=O) groups excluding carboxylic acids is 1. The summed E-state index contributed by atoms with van der Waals surface area (Å²) in [6.07, 6.45) is -8.96. The maximum Gasteiger partial charge on any atom is 0.416 e. The van der Waals surface area contributed by atoms with Crippen LogP contribution in [-0.2, 0) is 25.3 Å². The van der Waals surface area contributed by atoms with Crippen molar-refractivity contribution in [2.75, 3.05) is 11.4 Å². The quantitative estimate of drug-likeness (QED) is 0.354. The lowest BCUT2D eigenvalue weighted by molar-refractivity contribution is -0.138. The zero-order valence-electron chi connectivity index (χ0n) is 20.0. The number of aromatic carboxylic acids is 1. The lowest BCUT2D eigenvalue weighted by Crippen LogP contribution is -2.30. The number of hydrogen-bond acceptors (Lipinski definition) is 3. The van der Waals surface area contributed by atoms with Crippen molar-refractivity contribution in [1.82, 2.24) is 5.32 Å². The molecule has 0 saturated heterocycles. The Labute approximate surface area is 213 Å². The summed E-state index contributed by atoms with van der Waals surface area (Å²) < 4.78 is 79.6. The van der Waals surface area contributed by atoms with Gasteiger partial charge in [0.25, 0.3) is 5.91 Å². The van der Waals surface area contributed by atoms with E-state index in [1.54, 1.807) is 11.8 Å². The van der Waals surface area contributed by atoms with E-state index in [1.807, 2.05) is 0 Å². The lowest BCUT2D eigenvalue weighted by Gasteiger charge is -2.24. The highest BCUT2D eigenvalue weighted by molar-refractivity contribution is 6.01. The molecule has 0 radical (unpaired) electrons. The Morgan fingerprint density at radius 2 is 1.53 bits per heavy atom. The molecule has 4 rings (SSSR count). The van der Waals surface area contributed by atoms with Crippen LogP contribution in [0.4, 0.5) is 32.0 Å². The molecule has 3 aromatic carbocycles. The van der Waals surface area contributed by atoms with E-state index in [0.29, 0.717) is 22.4 Å². The smallest absolute Gasteiger partial charge is 0.416 e. The Morgan fingerprint density at radius 1 is 0.921 bits per heavy atom. The molecule has 0 saturated carbocycles. The normalized spacial score (nSPS) is 14.2. The van der Waals surface area contributed by atoms with Crippen LogP contribution in [0.3, 0.4) is 0 Å². The summed E-state index contributed by atoms with van der Waals surface area (Å²) in [7, 11) is 0. The van der Waals surface area contributed by atoms with Crippen LogP contribution in [0.15, 0.2) is 60.7 Å². The number of rotatable bonds is 6. The molecule has 1 heterocycles. The molecule has 1 atom stereocenters. The van der Waals surface area contributed by atoms with E-state index >= 15 is 0 Å². The monoisotopic (exact) mass is 536 g/mol. The van der Waals surface area contributed by atoms with E-state index in [4.69, 9.17) is 5.11 Å². The average Bonchev–Trinajstić information content (AvgIpc) is 3.25. The first-order valence-electron chi connectivity index (χ1n) is 11.5. The molecule has 11 heteroatoms. The zero-order valence-corrected chi connectivity index (χ0v) is 20.0. The SMILES string of the molecule is C[C@H](NC(=O)c1cc(C(F)(F)F)cc2c1N(Cc1ccc(C(F)(F)F)cc1)CC2)c1ccc(C(=O)O)cc1. The molecule has 38 heavy (non-hydrogen) atoms. The summed E-state index contributed by atoms with van der Waals surface area (Å²) in [5.41, 5.74) is -0.286. The van der Waals surface area contributed by atoms with Crippen LogP contribution in [0, 0.1) is 0 Å². The van der Waals surface area contributed by atoms with Crippen molar-refractivity contribution in [3.63, 3.8) is 0 Å². The van der Waals surface area contributed by atoms with Gasteiger partial charge in [-0.15, -0.1) is 0 Å². The van der Waals surface area contributed by atoms with Crippen molar-refractivity contribution in [2.24, 2.45) is 0 Å². The summed E-state index contributed by atoms with van der Waals surface area (Å²) in [6, 6.07) is 11.3. The van der Waals surface area contributed by atoms with Crippen molar-refractivity contribution in [3.8, 4) is 0 Å². The third kappa shape index (κ3) is 5.76. The van der Waals surface area contributed by atoms with Gasteiger partial charge in [0.05, 0.1) is 34.0 Å². The zero-order chi connectivity index (χ0) is 27.8. The molecule has 3 aromatic rings. The minimum absolute atomic E-state index is 0.0434. The molecule has 200 valence electrons. The summed E-state index contributed by atoms with van der Waals surface area (Å²) in [5, 5.41) is 11.7. The number of nitrogens with one attached hydrogen (secondary N) is 1. The van der Waals surface area contributed by atoms with E-state index in [2.05, 4.69) is 5.32 Å². The molecule has 0 aliphatic carbocycles. The predicted octanol–water partition coefficient (Wildman–Crippen LogP) is 6.48. The number of carboxylic acids is 1. The number of alkyl halides is 6. The predicted molar refractivity (Wildman–Crippen MR) is 127 cm³/mol. The lowest BCUT2D eigenvalue weighted by atomic mass is 10.00. The fraction of sp³-hybridized carbons (Fsp3) is 0.259. The summed E-state index contributed by atoms with van der Waals surface area (Å²) in [6.45, 7) is 1.99. The number of benzene rings is 3. The maximum absolute atomic E-state index is 13.6. The first kappa shape index (κ1) is 27.0. The molecular weight excluding hydrogens is 514 g/mol. The average molecular weight is 536 g/mol. The first-order chi connectivity index (χ1) is 17.7. The number of amides is 1. The number of hydrogen-bond donors (Lipinski definition) is 2. The third-order valence-corrected chi connectivity index (χ3v) is 6.39. The van der Waals surface area contributed by atoms with Crippen molar-refractivity contribution in [3.05, 3.63) is 99.6 Å². The minimum Gasteiger partial charge on any atom is -0.478 e. The molecule has 0 bridgehead atoms. The highest BCUT2D eigenvalue weighted by Gasteiger charge is 2.36. The summed E-state index contributed by atoms with van der Waals surface area (Å²) >= 11 is 0. The van der Waals surface area contributed by atoms with Gasteiger partial charge in [0.2, 0.25) is 0 Å². The Kier molecular flexibility index (Phi) is 7.14. The van der Waals surface area contributed by atoms with Crippen LogP contribution in [0.1, 0.15) is 61.5 Å². The van der Waals surface area contributed by atoms with E-state index in [-0.39, 0.29) is 30.6 Å². The number of carbonyl (C=O) groups is 2. The van der Waals surface area contributed by atoms with E-state index in [9.17, 15) is 35.9 Å². The molecule has 2 N–H and O–H groups in total. The fourth-order valence-corrected chi connectivity index (χ4v) is 4.41. The van der Waals surface area contributed by atoms with Gasteiger partial charge in [0.15, 0.2) is 0 Å². The Balaban J connectivity index is 1.64. The van der Waals surface area contributed by atoms with E-state index in [1.165, 1.54) is 36.4 Å². The molecule has 1 aliphatic heterocycles. The minimum atomic E-state index is -4.69. The first-order valence-corrected chi connectivity index (χ1v) is 11.5. The Morgan fingerprint density at radius 3 is 2.08 bits per heavy atom. The number of nitrogens with zero attached hydrogens (tertiary/aromatic N) is 1. The van der Waals surface area contributed by atoms with Gasteiger partial charge in [-0.05, 0) is 66.4 Å². The van der Waals surface area contributed by atoms with Gasteiger partial charge < -0.3 is 15.3 Å². The third-order valence-electron chi connectivity index (χ3n) is 6.39. The fourth-order valence-electron chi connectivity index (χ4n) is 4.41. The molecule has 1 amide bonds. The standard InChI is InChI=1S/C27H22F6N2O3/c1-15(17-4-6-18(7-5-17)25(37)38)34-24(36)22-13-21(27(31,32)33)12-19-10-11-35(23(19)22)14-16-2-8-20(9-3-16)26(28,29)30/h2-9,12-13,15H,10-11,14H2,1H3,(H,34,36)(H,37,38)/t15-/m0/s1. The van der Waals surface area contributed by atoms with Crippen LogP contribution in [-0.4, -0.2) is 23.5 Å². The molecule has 0 spiro atoms. The van der Waals surface area contributed by atoms with Crippen LogP contribution in [0.25, 0.3) is 0 Å². The molecule has 5 nitrogen and oxygen atoms in total. The van der Waals surface area contributed by atoms with Gasteiger partial charge in [-0.3, -0.25) is 4.79 Å². The largest absolute Gasteiger partial charge is 0.478 e. The van der Waals surface area contributed by atoms with Gasteiger partial charge >= 0.3 is 18.3 Å². The molecule has 1 aliphatic rings. The number of fused-ring (bicyclic) bond motifs is 1. The Bertz CT molecular complexity index is 1350. The highest BCUT2D eigenvalue weighted by atomic mass is 19.4. The van der Waals surface area contributed by atoms with Crippen LogP contribution in [0.5, 0.6) is 0 Å². The van der Waals surface area contributed by atoms with E-state index < -0.39 is 41.4 Å². The van der Waals surface area contributed by atoms with Gasteiger partial charge in [-0.2, -0.15) is 26.3 Å². The van der Waals surface area contributed by atoms with Gasteiger partial charge in [0, 0.05) is 13.1 Å². The Hall–Kier alpha value is -4.02. The summed E-state index contributed by atoms with van der Waals surface area (Å²) in [5.74, 6) is -1.89. The maximum atomic E-state index is 13.6. The molecular formula is C27H22F6N2O3.